The van der Waals surface area contributed by atoms with Gasteiger partial charge in [-0.05, 0) is 36.6 Å². The Morgan fingerprint density at radius 3 is 2.68 bits per heavy atom. The number of carboxylic acid groups (broad SMARTS) is 1. The number of pyridine rings is 2. The summed E-state index contributed by atoms with van der Waals surface area (Å²) in [6.45, 7) is 0.965. The Hall–Kier alpha value is -3.24. The van der Waals surface area contributed by atoms with Crippen LogP contribution in [-0.4, -0.2) is 41.3 Å². The van der Waals surface area contributed by atoms with Crippen LogP contribution < -0.4 is 16.1 Å². The fourth-order valence-electron chi connectivity index (χ4n) is 4.71. The van der Waals surface area contributed by atoms with E-state index in [1.54, 1.807) is 10.6 Å². The van der Waals surface area contributed by atoms with Crippen LogP contribution in [0.2, 0.25) is 0 Å². The lowest BCUT2D eigenvalue weighted by Gasteiger charge is -2.42. The zero-order valence-electron chi connectivity index (χ0n) is 16.3. The predicted molar refractivity (Wildman–Crippen MR) is 109 cm³/mol. The Kier molecular flexibility index (Phi) is 4.38. The van der Waals surface area contributed by atoms with E-state index in [4.69, 9.17) is 0 Å². The molecule has 2 bridgehead atoms. The van der Waals surface area contributed by atoms with Crippen molar-refractivity contribution in [2.45, 2.75) is 23.8 Å². The van der Waals surface area contributed by atoms with E-state index in [0.29, 0.717) is 12.1 Å². The number of aromatic nitrogens is 2. The maximum Gasteiger partial charge on any atom is 0.250 e. The molecule has 2 atom stereocenters. The van der Waals surface area contributed by atoms with Gasteiger partial charge in [0.05, 0.1) is 16.4 Å². The van der Waals surface area contributed by atoms with E-state index in [9.17, 15) is 27.9 Å². The first-order chi connectivity index (χ1) is 14.8. The van der Waals surface area contributed by atoms with E-state index in [1.165, 1.54) is 28.6 Å². The summed E-state index contributed by atoms with van der Waals surface area (Å²) in [5.74, 6) is -1.71. The number of nitrogens with one attached hydrogen (secondary N) is 1. The Balaban J connectivity index is 1.55. The lowest BCUT2D eigenvalue weighted by Crippen LogP contribution is -2.49. The highest BCUT2D eigenvalue weighted by Gasteiger charge is 2.39. The van der Waals surface area contributed by atoms with Crippen molar-refractivity contribution in [2.24, 2.45) is 5.92 Å². The van der Waals surface area contributed by atoms with Crippen molar-refractivity contribution in [1.82, 2.24) is 13.9 Å². The summed E-state index contributed by atoms with van der Waals surface area (Å²) in [6, 6.07) is 9.10. The lowest BCUT2D eigenvalue weighted by molar-refractivity contribution is -0.255. The van der Waals surface area contributed by atoms with Gasteiger partial charge in [-0.15, -0.1) is 0 Å². The van der Waals surface area contributed by atoms with Crippen LogP contribution in [0.4, 0.5) is 0 Å². The second-order valence-corrected chi connectivity index (χ2v) is 9.98. The Labute approximate surface area is 176 Å². The van der Waals surface area contributed by atoms with Crippen LogP contribution in [0, 0.1) is 5.92 Å². The van der Waals surface area contributed by atoms with Crippen LogP contribution in [0.5, 0.6) is 0 Å². The van der Waals surface area contributed by atoms with Crippen LogP contribution >= 0.6 is 0 Å². The molecule has 0 amide bonds. The summed E-state index contributed by atoms with van der Waals surface area (Å²) < 4.78 is 29.9. The SMILES string of the molecule is O=C([O-])c1c[nH]c2ccc(S(=O)(=O)N3CC4CC(C3)c3cccc(=O)n3C4)cc2c1=O. The first-order valence-electron chi connectivity index (χ1n) is 9.82. The van der Waals surface area contributed by atoms with E-state index in [-0.39, 0.29) is 40.8 Å². The van der Waals surface area contributed by atoms with Crippen molar-refractivity contribution in [1.29, 1.82) is 0 Å². The van der Waals surface area contributed by atoms with Gasteiger partial charge in [0.25, 0.3) is 5.56 Å². The van der Waals surface area contributed by atoms with Gasteiger partial charge < -0.3 is 19.5 Å². The minimum absolute atomic E-state index is 0.00896. The Bertz CT molecular complexity index is 1460. The summed E-state index contributed by atoms with van der Waals surface area (Å²) in [5.41, 5.74) is -0.276. The number of carboxylic acids is 1. The molecule has 1 N–H and O–H groups in total. The number of sulfonamides is 1. The molecular weight excluding hydrogens is 422 g/mol. The number of H-pyrrole nitrogens is 1. The average molecular weight is 440 g/mol. The molecule has 0 aliphatic carbocycles. The number of hydrogen-bond acceptors (Lipinski definition) is 6. The minimum Gasteiger partial charge on any atom is -0.545 e. The summed E-state index contributed by atoms with van der Waals surface area (Å²) >= 11 is 0. The van der Waals surface area contributed by atoms with E-state index in [0.717, 1.165) is 18.3 Å². The first kappa shape index (κ1) is 19.7. The average Bonchev–Trinajstić information content (AvgIpc) is 2.74. The second kappa shape index (κ2) is 6.89. The van der Waals surface area contributed by atoms with Gasteiger partial charge in [-0.3, -0.25) is 9.59 Å². The van der Waals surface area contributed by atoms with E-state index in [2.05, 4.69) is 4.98 Å². The molecule has 9 nitrogen and oxygen atoms in total. The van der Waals surface area contributed by atoms with Gasteiger partial charge in [-0.1, -0.05) is 6.07 Å². The zero-order valence-corrected chi connectivity index (χ0v) is 17.1. The number of fused-ring (bicyclic) bond motifs is 5. The van der Waals surface area contributed by atoms with Crippen LogP contribution in [0.1, 0.15) is 28.4 Å². The fourth-order valence-corrected chi connectivity index (χ4v) is 6.30. The molecule has 160 valence electrons. The predicted octanol–water partition coefficient (Wildman–Crippen LogP) is -0.139. The summed E-state index contributed by atoms with van der Waals surface area (Å²) in [4.78, 5) is 38.4. The normalized spacial score (nSPS) is 21.0. The summed E-state index contributed by atoms with van der Waals surface area (Å²) in [6.07, 6.45) is 1.85. The fraction of sp³-hybridized carbons (Fsp3) is 0.286. The van der Waals surface area contributed by atoms with Crippen molar-refractivity contribution in [3.05, 3.63) is 74.4 Å². The number of aromatic amines is 1. The lowest BCUT2D eigenvalue weighted by atomic mass is 9.84. The summed E-state index contributed by atoms with van der Waals surface area (Å²) in [7, 11) is -3.93. The molecule has 3 aromatic rings. The van der Waals surface area contributed by atoms with Crippen molar-refractivity contribution < 1.29 is 18.3 Å². The molecule has 1 aromatic carbocycles. The second-order valence-electron chi connectivity index (χ2n) is 8.05. The molecule has 0 saturated carbocycles. The Morgan fingerprint density at radius 1 is 1.10 bits per heavy atom. The van der Waals surface area contributed by atoms with Crippen molar-refractivity contribution in [2.75, 3.05) is 13.1 Å². The van der Waals surface area contributed by atoms with Gasteiger partial charge in [0, 0.05) is 54.4 Å². The highest BCUT2D eigenvalue weighted by atomic mass is 32.2. The molecule has 2 unspecified atom stereocenters. The van der Waals surface area contributed by atoms with E-state index < -0.39 is 27.0 Å². The molecule has 0 spiro atoms. The van der Waals surface area contributed by atoms with E-state index in [1.807, 2.05) is 6.07 Å². The molecule has 31 heavy (non-hydrogen) atoms. The maximum absolute atomic E-state index is 13.4. The van der Waals surface area contributed by atoms with Crippen LogP contribution in [-0.2, 0) is 16.6 Å². The van der Waals surface area contributed by atoms with Gasteiger partial charge in [-0.2, -0.15) is 4.31 Å². The molecular formula is C21H18N3O6S-. The number of carbonyl (C=O) groups excluding carboxylic acids is 1. The van der Waals surface area contributed by atoms with Gasteiger partial charge in [0.1, 0.15) is 0 Å². The first-order valence-corrected chi connectivity index (χ1v) is 11.3. The van der Waals surface area contributed by atoms with Crippen molar-refractivity contribution in [3.63, 3.8) is 0 Å². The van der Waals surface area contributed by atoms with Gasteiger partial charge in [0.15, 0.2) is 5.43 Å². The number of nitrogens with zero attached hydrogens (tertiary/aromatic N) is 2. The Morgan fingerprint density at radius 2 is 1.90 bits per heavy atom. The topological polar surface area (TPSA) is 132 Å². The molecule has 2 aliphatic heterocycles. The quantitative estimate of drug-likeness (QED) is 0.603. The van der Waals surface area contributed by atoms with Gasteiger partial charge in [-0.25, -0.2) is 8.42 Å². The van der Waals surface area contributed by atoms with Crippen LogP contribution in [0.15, 0.2) is 57.1 Å². The zero-order chi connectivity index (χ0) is 21.9. The smallest absolute Gasteiger partial charge is 0.250 e. The molecule has 10 heteroatoms. The number of rotatable bonds is 3. The van der Waals surface area contributed by atoms with Crippen LogP contribution in [0.25, 0.3) is 10.9 Å². The molecule has 2 aliphatic rings. The molecule has 4 heterocycles. The highest BCUT2D eigenvalue weighted by Crippen LogP contribution is 2.37. The van der Waals surface area contributed by atoms with Gasteiger partial charge >= 0.3 is 0 Å². The standard InChI is InChI=1S/C21H19N3O6S/c25-19-3-1-2-18-13-6-12(10-24(18)19)9-23(11-13)31(29,30)14-4-5-17-15(7-14)20(26)16(8-22-17)21(27)28/h1-5,7-8,12-13H,6,9-11H2,(H,22,26)(H,27,28)/p-1. The number of aromatic carboxylic acids is 1. The van der Waals surface area contributed by atoms with E-state index >= 15 is 0 Å². The molecule has 1 fully saturated rings. The third-order valence-electron chi connectivity index (χ3n) is 6.16. The number of piperidine rings is 1. The number of hydrogen-bond donors (Lipinski definition) is 1. The van der Waals surface area contributed by atoms with Crippen molar-refractivity contribution >= 4 is 26.9 Å². The highest BCUT2D eigenvalue weighted by molar-refractivity contribution is 7.89. The number of benzene rings is 1. The van der Waals surface area contributed by atoms with Crippen molar-refractivity contribution in [3.8, 4) is 0 Å². The molecule has 1 saturated heterocycles. The maximum atomic E-state index is 13.4. The third kappa shape index (κ3) is 3.10. The molecule has 2 aromatic heterocycles. The molecule has 0 radical (unpaired) electrons. The summed E-state index contributed by atoms with van der Waals surface area (Å²) in [5, 5.41) is 11.1. The third-order valence-corrected chi connectivity index (χ3v) is 7.98. The van der Waals surface area contributed by atoms with Crippen LogP contribution in [0.3, 0.4) is 0 Å². The monoisotopic (exact) mass is 440 g/mol. The van der Waals surface area contributed by atoms with Gasteiger partial charge in [0.2, 0.25) is 10.0 Å². The largest absolute Gasteiger partial charge is 0.545 e. The molecule has 5 rings (SSSR count). The minimum atomic E-state index is -3.93. The number of carbonyl (C=O) groups is 1.